The number of rotatable bonds is 5. The van der Waals surface area contributed by atoms with Gasteiger partial charge in [-0.2, -0.15) is 0 Å². The Balaban J connectivity index is 3.72. The Morgan fingerprint density at radius 2 is 2.00 bits per heavy atom. The van der Waals surface area contributed by atoms with Crippen LogP contribution in [0.25, 0.3) is 0 Å². The monoisotopic (exact) mass is 188 g/mol. The highest BCUT2D eigenvalue weighted by Gasteiger charge is 2.09. The van der Waals surface area contributed by atoms with Crippen LogP contribution in [0.4, 0.5) is 4.79 Å². The van der Waals surface area contributed by atoms with Gasteiger partial charge in [0, 0.05) is 13.1 Å². The van der Waals surface area contributed by atoms with Crippen molar-refractivity contribution in [2.75, 3.05) is 19.7 Å². The molecule has 0 heterocycles. The van der Waals surface area contributed by atoms with Gasteiger partial charge < -0.3 is 15.4 Å². The summed E-state index contributed by atoms with van der Waals surface area (Å²) in [5.41, 5.74) is 5.04. The Labute approximate surface area is 77.8 Å². The molecule has 0 rings (SSSR count). The third-order valence-corrected chi connectivity index (χ3v) is 1.58. The van der Waals surface area contributed by atoms with Crippen molar-refractivity contribution in [1.82, 2.24) is 4.90 Å². The first-order chi connectivity index (χ1) is 6.11. The second-order valence-corrected chi connectivity index (χ2v) is 2.47. The Kier molecular flexibility index (Phi) is 5.67. The van der Waals surface area contributed by atoms with Crippen molar-refractivity contribution in [1.29, 1.82) is 0 Å². The Bertz CT molecular complexity index is 182. The first-order valence-corrected chi connectivity index (χ1v) is 4.31. The molecule has 2 N–H and O–H groups in total. The highest BCUT2D eigenvalue weighted by Crippen LogP contribution is 1.93. The third kappa shape index (κ3) is 5.05. The van der Waals surface area contributed by atoms with Gasteiger partial charge in [0.15, 0.2) is 0 Å². The van der Waals surface area contributed by atoms with E-state index in [2.05, 4.69) is 0 Å². The lowest BCUT2D eigenvalue weighted by Crippen LogP contribution is -2.37. The molecular weight excluding hydrogens is 172 g/mol. The first kappa shape index (κ1) is 11.7. The van der Waals surface area contributed by atoms with E-state index >= 15 is 0 Å². The first-order valence-electron chi connectivity index (χ1n) is 4.31. The number of esters is 1. The van der Waals surface area contributed by atoms with E-state index in [4.69, 9.17) is 10.5 Å². The molecule has 0 aromatic rings. The van der Waals surface area contributed by atoms with Crippen molar-refractivity contribution in [2.45, 2.75) is 20.3 Å². The van der Waals surface area contributed by atoms with Gasteiger partial charge in [-0.15, -0.1) is 0 Å². The maximum absolute atomic E-state index is 10.9. The number of ether oxygens (including phenoxy) is 1. The van der Waals surface area contributed by atoms with E-state index in [0.717, 1.165) is 0 Å². The number of primary amides is 1. The number of hydrogen-bond acceptors (Lipinski definition) is 3. The van der Waals surface area contributed by atoms with Gasteiger partial charge in [-0.1, -0.05) is 0 Å². The quantitative estimate of drug-likeness (QED) is 0.632. The van der Waals surface area contributed by atoms with Crippen LogP contribution in [-0.4, -0.2) is 36.6 Å². The number of nitrogens with two attached hydrogens (primary N) is 1. The molecule has 0 fully saturated rings. The predicted molar refractivity (Wildman–Crippen MR) is 48.1 cm³/mol. The minimum Gasteiger partial charge on any atom is -0.466 e. The molecule has 0 bridgehead atoms. The summed E-state index contributed by atoms with van der Waals surface area (Å²) in [4.78, 5) is 23.0. The average Bonchev–Trinajstić information content (AvgIpc) is 2.05. The summed E-state index contributed by atoms with van der Waals surface area (Å²) in [6.45, 7) is 4.74. The second-order valence-electron chi connectivity index (χ2n) is 2.47. The summed E-state index contributed by atoms with van der Waals surface area (Å²) in [5, 5.41) is 0. The second kappa shape index (κ2) is 6.28. The molecule has 5 nitrogen and oxygen atoms in total. The highest BCUT2D eigenvalue weighted by molar-refractivity contribution is 5.74. The summed E-state index contributed by atoms with van der Waals surface area (Å²) >= 11 is 0. The zero-order valence-electron chi connectivity index (χ0n) is 8.08. The SMILES string of the molecule is CCOC(=O)CCN(CC)C(N)=O. The van der Waals surface area contributed by atoms with Gasteiger partial charge >= 0.3 is 12.0 Å². The summed E-state index contributed by atoms with van der Waals surface area (Å²) in [5.74, 6) is -0.304. The van der Waals surface area contributed by atoms with E-state index in [0.29, 0.717) is 19.7 Å². The van der Waals surface area contributed by atoms with Crippen LogP contribution in [0.2, 0.25) is 0 Å². The molecule has 0 unspecified atom stereocenters. The van der Waals surface area contributed by atoms with Crippen LogP contribution in [-0.2, 0) is 9.53 Å². The standard InChI is InChI=1S/C8H16N2O3/c1-3-10(8(9)12)6-5-7(11)13-4-2/h3-6H2,1-2H3,(H2,9,12). The molecule has 0 radical (unpaired) electrons. The highest BCUT2D eigenvalue weighted by atomic mass is 16.5. The van der Waals surface area contributed by atoms with E-state index in [1.165, 1.54) is 4.90 Å². The van der Waals surface area contributed by atoms with Crippen molar-refractivity contribution >= 4 is 12.0 Å². The van der Waals surface area contributed by atoms with Crippen LogP contribution < -0.4 is 5.73 Å². The van der Waals surface area contributed by atoms with Gasteiger partial charge in [-0.3, -0.25) is 4.79 Å². The molecular formula is C8H16N2O3. The van der Waals surface area contributed by atoms with Crippen molar-refractivity contribution in [3.8, 4) is 0 Å². The smallest absolute Gasteiger partial charge is 0.314 e. The molecule has 0 aliphatic carbocycles. The number of urea groups is 1. The number of carbonyl (C=O) groups is 2. The van der Waals surface area contributed by atoms with Crippen LogP contribution in [0.5, 0.6) is 0 Å². The van der Waals surface area contributed by atoms with Gasteiger partial charge in [0.05, 0.1) is 13.0 Å². The van der Waals surface area contributed by atoms with Gasteiger partial charge in [0.25, 0.3) is 0 Å². The molecule has 0 spiro atoms. The molecule has 76 valence electrons. The molecule has 2 amide bonds. The van der Waals surface area contributed by atoms with Gasteiger partial charge in [-0.25, -0.2) is 4.79 Å². The molecule has 0 aromatic heterocycles. The predicted octanol–water partition coefficient (Wildman–Crippen LogP) is 0.340. The van der Waals surface area contributed by atoms with E-state index < -0.39 is 6.03 Å². The topological polar surface area (TPSA) is 72.6 Å². The van der Waals surface area contributed by atoms with E-state index in [1.807, 2.05) is 0 Å². The van der Waals surface area contributed by atoms with Crippen LogP contribution in [0.3, 0.4) is 0 Å². The zero-order chi connectivity index (χ0) is 10.3. The van der Waals surface area contributed by atoms with Crippen LogP contribution >= 0.6 is 0 Å². The molecule has 0 saturated carbocycles. The molecule has 0 aliphatic heterocycles. The van der Waals surface area contributed by atoms with Gasteiger partial charge in [0.2, 0.25) is 0 Å². The number of carbonyl (C=O) groups excluding carboxylic acids is 2. The summed E-state index contributed by atoms with van der Waals surface area (Å²) in [7, 11) is 0. The van der Waals surface area contributed by atoms with Gasteiger partial charge in [0.1, 0.15) is 0 Å². The fourth-order valence-corrected chi connectivity index (χ4v) is 0.884. The van der Waals surface area contributed by atoms with Crippen molar-refractivity contribution < 1.29 is 14.3 Å². The summed E-state index contributed by atoms with van der Waals surface area (Å²) in [6.07, 6.45) is 0.199. The summed E-state index contributed by atoms with van der Waals surface area (Å²) < 4.78 is 4.70. The summed E-state index contributed by atoms with van der Waals surface area (Å²) in [6, 6.07) is -0.508. The minimum absolute atomic E-state index is 0.199. The molecule has 0 saturated heterocycles. The molecule has 0 atom stereocenters. The maximum Gasteiger partial charge on any atom is 0.314 e. The number of nitrogens with zero attached hydrogens (tertiary/aromatic N) is 1. The zero-order valence-corrected chi connectivity index (χ0v) is 8.08. The van der Waals surface area contributed by atoms with Crippen molar-refractivity contribution in [2.24, 2.45) is 5.73 Å². The lowest BCUT2D eigenvalue weighted by molar-refractivity contribution is -0.143. The van der Waals surface area contributed by atoms with E-state index in [-0.39, 0.29) is 12.4 Å². The lowest BCUT2D eigenvalue weighted by atomic mass is 10.4. The largest absolute Gasteiger partial charge is 0.466 e. The molecule has 0 aliphatic rings. The van der Waals surface area contributed by atoms with Crippen LogP contribution in [0.1, 0.15) is 20.3 Å². The Hall–Kier alpha value is -1.26. The van der Waals surface area contributed by atoms with Gasteiger partial charge in [-0.05, 0) is 13.8 Å². The molecule has 13 heavy (non-hydrogen) atoms. The maximum atomic E-state index is 10.9. The fraction of sp³-hybridized carbons (Fsp3) is 0.750. The van der Waals surface area contributed by atoms with Crippen LogP contribution in [0, 0.1) is 0 Å². The minimum atomic E-state index is -0.508. The van der Waals surface area contributed by atoms with Crippen molar-refractivity contribution in [3.05, 3.63) is 0 Å². The number of amides is 2. The van der Waals surface area contributed by atoms with E-state index in [9.17, 15) is 9.59 Å². The normalized spacial score (nSPS) is 9.38. The Morgan fingerprint density at radius 1 is 1.38 bits per heavy atom. The Morgan fingerprint density at radius 3 is 2.38 bits per heavy atom. The lowest BCUT2D eigenvalue weighted by Gasteiger charge is -2.16. The number of hydrogen-bond donors (Lipinski definition) is 1. The fourth-order valence-electron chi connectivity index (χ4n) is 0.884. The van der Waals surface area contributed by atoms with Crippen molar-refractivity contribution in [3.63, 3.8) is 0 Å². The van der Waals surface area contributed by atoms with Crippen LogP contribution in [0.15, 0.2) is 0 Å². The average molecular weight is 188 g/mol. The van der Waals surface area contributed by atoms with E-state index in [1.54, 1.807) is 13.8 Å². The third-order valence-electron chi connectivity index (χ3n) is 1.58. The molecule has 5 heteroatoms. The molecule has 0 aromatic carbocycles.